The van der Waals surface area contributed by atoms with E-state index in [0.717, 1.165) is 24.3 Å². The molecule has 0 amide bonds. The van der Waals surface area contributed by atoms with E-state index >= 15 is 0 Å². The molecule has 3 aromatic carbocycles. The maximum atomic E-state index is 5.19. The van der Waals surface area contributed by atoms with Crippen molar-refractivity contribution in [2.45, 2.75) is 31.1 Å². The maximum Gasteiger partial charge on any atom is 0.0744 e. The molecule has 4 aromatic rings. The second kappa shape index (κ2) is 6.69. The summed E-state index contributed by atoms with van der Waals surface area (Å²) in [5, 5.41) is 4.03. The predicted molar refractivity (Wildman–Crippen MR) is 118 cm³/mol. The Kier molecular flexibility index (Phi) is 4.17. The third-order valence-electron chi connectivity index (χ3n) is 5.89. The maximum absolute atomic E-state index is 5.19. The van der Waals surface area contributed by atoms with Crippen molar-refractivity contribution in [3.8, 4) is 11.3 Å². The number of aromatic nitrogens is 1. The van der Waals surface area contributed by atoms with Gasteiger partial charge in [0.1, 0.15) is 0 Å². The minimum Gasteiger partial charge on any atom is -0.247 e. The number of fused-ring (bicyclic) bond motifs is 5. The van der Waals surface area contributed by atoms with Crippen molar-refractivity contribution < 1.29 is 0 Å². The van der Waals surface area contributed by atoms with E-state index < -0.39 is 0 Å². The Labute approximate surface area is 164 Å². The summed E-state index contributed by atoms with van der Waals surface area (Å²) in [4.78, 5) is 6.49. The molecule has 5 rings (SSSR count). The van der Waals surface area contributed by atoms with Gasteiger partial charge in [0.15, 0.2) is 0 Å². The molecule has 0 aliphatic heterocycles. The smallest absolute Gasteiger partial charge is 0.0744 e. The highest BCUT2D eigenvalue weighted by Crippen LogP contribution is 2.39. The second-order valence-corrected chi connectivity index (χ2v) is 8.55. The molecule has 0 saturated carbocycles. The molecule has 0 bridgehead atoms. The molecule has 1 unspecified atom stereocenters. The first-order valence-electron chi connectivity index (χ1n) is 9.72. The summed E-state index contributed by atoms with van der Waals surface area (Å²) < 4.78 is 0. The summed E-state index contributed by atoms with van der Waals surface area (Å²) in [6.07, 6.45) is 5.67. The van der Waals surface area contributed by atoms with Crippen LogP contribution in [0.25, 0.3) is 32.9 Å². The first-order valence-corrected chi connectivity index (χ1v) is 10.9. The van der Waals surface area contributed by atoms with Crippen LogP contribution in [0.15, 0.2) is 65.6 Å². The molecule has 2 heteroatoms. The van der Waals surface area contributed by atoms with Gasteiger partial charge in [-0.05, 0) is 71.5 Å². The van der Waals surface area contributed by atoms with E-state index in [0.29, 0.717) is 0 Å². The average Bonchev–Trinajstić information content (AvgIpc) is 2.72. The van der Waals surface area contributed by atoms with Crippen molar-refractivity contribution in [1.82, 2.24) is 4.98 Å². The third kappa shape index (κ3) is 2.83. The minimum absolute atomic E-state index is 0.718. The summed E-state index contributed by atoms with van der Waals surface area (Å²) >= 11 is 1.79. The Morgan fingerprint density at radius 3 is 2.56 bits per heavy atom. The van der Waals surface area contributed by atoms with Gasteiger partial charge < -0.3 is 0 Å². The van der Waals surface area contributed by atoms with Crippen LogP contribution >= 0.6 is 11.8 Å². The monoisotopic (exact) mass is 369 g/mol. The van der Waals surface area contributed by atoms with Crippen LogP contribution in [-0.4, -0.2) is 11.2 Å². The topological polar surface area (TPSA) is 12.9 Å². The Morgan fingerprint density at radius 2 is 1.74 bits per heavy atom. The summed E-state index contributed by atoms with van der Waals surface area (Å²) in [5.74, 6) is 0.718. The van der Waals surface area contributed by atoms with Crippen molar-refractivity contribution in [3.05, 3.63) is 71.8 Å². The van der Waals surface area contributed by atoms with E-state index in [1.54, 1.807) is 11.8 Å². The van der Waals surface area contributed by atoms with Gasteiger partial charge in [-0.15, -0.1) is 11.8 Å². The largest absolute Gasteiger partial charge is 0.247 e. The number of hydrogen-bond acceptors (Lipinski definition) is 2. The highest BCUT2D eigenvalue weighted by Gasteiger charge is 2.23. The fourth-order valence-electron chi connectivity index (χ4n) is 4.48. The van der Waals surface area contributed by atoms with Crippen LogP contribution in [-0.2, 0) is 12.8 Å². The molecule has 1 aliphatic carbocycles. The number of rotatable bonds is 2. The van der Waals surface area contributed by atoms with E-state index in [4.69, 9.17) is 4.98 Å². The van der Waals surface area contributed by atoms with E-state index in [-0.39, 0.29) is 0 Å². The standard InChI is InChI=1S/C25H23NS/c1-16-7-13-21-22(15-16)25(18-8-11-19(27-2)12-9-18)26-23-14-10-17-5-3-4-6-20(17)24(21)23/h3-6,8-12,14,16H,7,13,15H2,1-2H3. The number of pyridine rings is 1. The first kappa shape index (κ1) is 16.8. The van der Waals surface area contributed by atoms with E-state index in [1.165, 1.54) is 49.9 Å². The zero-order valence-corrected chi connectivity index (χ0v) is 16.6. The highest BCUT2D eigenvalue weighted by molar-refractivity contribution is 7.98. The molecule has 1 atom stereocenters. The van der Waals surface area contributed by atoms with E-state index in [2.05, 4.69) is 73.8 Å². The lowest BCUT2D eigenvalue weighted by Crippen LogP contribution is -2.14. The molecule has 1 aliphatic rings. The number of thioether (sulfide) groups is 1. The molecule has 0 fully saturated rings. The van der Waals surface area contributed by atoms with Crippen molar-refractivity contribution in [2.75, 3.05) is 6.26 Å². The third-order valence-corrected chi connectivity index (χ3v) is 6.64. The van der Waals surface area contributed by atoms with E-state index in [1.807, 2.05) is 0 Å². The Morgan fingerprint density at radius 1 is 0.926 bits per heavy atom. The molecule has 0 radical (unpaired) electrons. The summed E-state index contributed by atoms with van der Waals surface area (Å²) in [6.45, 7) is 2.37. The van der Waals surface area contributed by atoms with Crippen LogP contribution in [0.2, 0.25) is 0 Å². The summed E-state index contributed by atoms with van der Waals surface area (Å²) in [5.41, 5.74) is 6.56. The molecule has 0 N–H and O–H groups in total. The molecular formula is C25H23NS. The van der Waals surface area contributed by atoms with Gasteiger partial charge in [0.25, 0.3) is 0 Å². The van der Waals surface area contributed by atoms with Crippen LogP contribution in [0.4, 0.5) is 0 Å². The van der Waals surface area contributed by atoms with Gasteiger partial charge in [-0.2, -0.15) is 0 Å². The quantitative estimate of drug-likeness (QED) is 0.281. The van der Waals surface area contributed by atoms with Crippen molar-refractivity contribution in [3.63, 3.8) is 0 Å². The van der Waals surface area contributed by atoms with Gasteiger partial charge in [0, 0.05) is 15.8 Å². The molecule has 1 heterocycles. The number of aryl methyl sites for hydroxylation is 1. The lowest BCUT2D eigenvalue weighted by atomic mass is 9.80. The van der Waals surface area contributed by atoms with Crippen LogP contribution in [0, 0.1) is 5.92 Å². The van der Waals surface area contributed by atoms with Crippen molar-refractivity contribution in [2.24, 2.45) is 5.92 Å². The minimum atomic E-state index is 0.718. The molecule has 0 spiro atoms. The zero-order valence-electron chi connectivity index (χ0n) is 15.8. The first-order chi connectivity index (χ1) is 13.2. The van der Waals surface area contributed by atoms with Gasteiger partial charge in [0.2, 0.25) is 0 Å². The number of nitrogens with zero attached hydrogens (tertiary/aromatic N) is 1. The Bertz CT molecular complexity index is 1140. The fourth-order valence-corrected chi connectivity index (χ4v) is 4.89. The zero-order chi connectivity index (χ0) is 18.4. The van der Waals surface area contributed by atoms with Gasteiger partial charge in [-0.3, -0.25) is 0 Å². The lowest BCUT2D eigenvalue weighted by Gasteiger charge is -2.26. The fraction of sp³-hybridized carbons (Fsp3) is 0.240. The van der Waals surface area contributed by atoms with Crippen molar-refractivity contribution in [1.29, 1.82) is 0 Å². The van der Waals surface area contributed by atoms with Crippen LogP contribution in [0.3, 0.4) is 0 Å². The van der Waals surface area contributed by atoms with Gasteiger partial charge >= 0.3 is 0 Å². The second-order valence-electron chi connectivity index (χ2n) is 7.67. The summed E-state index contributed by atoms with van der Waals surface area (Å²) in [6, 6.07) is 22.1. The Balaban J connectivity index is 1.83. The highest BCUT2D eigenvalue weighted by atomic mass is 32.2. The molecule has 134 valence electrons. The van der Waals surface area contributed by atoms with Gasteiger partial charge in [-0.1, -0.05) is 49.4 Å². The molecule has 1 aromatic heterocycles. The van der Waals surface area contributed by atoms with E-state index in [9.17, 15) is 0 Å². The van der Waals surface area contributed by atoms with Crippen LogP contribution in [0.5, 0.6) is 0 Å². The SMILES string of the molecule is CSc1ccc(-c2nc3ccc4ccccc4c3c3c2CC(C)CC3)cc1. The van der Waals surface area contributed by atoms with Gasteiger partial charge in [0.05, 0.1) is 11.2 Å². The Hall–Kier alpha value is -2.32. The molecule has 0 saturated heterocycles. The van der Waals surface area contributed by atoms with Crippen molar-refractivity contribution >= 4 is 33.4 Å². The normalized spacial score (nSPS) is 16.6. The van der Waals surface area contributed by atoms with Crippen LogP contribution < -0.4 is 0 Å². The van der Waals surface area contributed by atoms with Crippen LogP contribution in [0.1, 0.15) is 24.5 Å². The number of hydrogen-bond donors (Lipinski definition) is 0. The predicted octanol–water partition coefficient (Wildman–Crippen LogP) is 6.90. The average molecular weight is 370 g/mol. The lowest BCUT2D eigenvalue weighted by molar-refractivity contribution is 0.503. The molecule has 27 heavy (non-hydrogen) atoms. The van der Waals surface area contributed by atoms with Gasteiger partial charge in [-0.25, -0.2) is 4.98 Å². The summed E-state index contributed by atoms with van der Waals surface area (Å²) in [7, 11) is 0. The molecule has 1 nitrogen and oxygen atoms in total. The number of benzene rings is 3. The molecular weight excluding hydrogens is 346 g/mol.